The van der Waals surface area contributed by atoms with Gasteiger partial charge in [-0.15, -0.1) is 19.8 Å². The highest BCUT2D eigenvalue weighted by Gasteiger charge is 2.32. The van der Waals surface area contributed by atoms with E-state index in [1.165, 1.54) is 11.6 Å². The van der Waals surface area contributed by atoms with Crippen LogP contribution in [-0.4, -0.2) is 6.36 Å². The minimum Gasteiger partial charge on any atom is -0.403 e. The van der Waals surface area contributed by atoms with Crippen molar-refractivity contribution in [3.05, 3.63) is 77.6 Å². The van der Waals surface area contributed by atoms with Gasteiger partial charge in [-0.25, -0.2) is 4.39 Å². The van der Waals surface area contributed by atoms with Crippen molar-refractivity contribution in [2.75, 3.05) is 0 Å². The number of halogens is 4. The Labute approximate surface area is 143 Å². The van der Waals surface area contributed by atoms with E-state index >= 15 is 0 Å². The van der Waals surface area contributed by atoms with Crippen molar-refractivity contribution in [1.29, 1.82) is 0 Å². The third kappa shape index (κ3) is 6.34. The third-order valence-electron chi connectivity index (χ3n) is 3.34. The highest BCUT2D eigenvalue weighted by atomic mass is 19.4. The first-order chi connectivity index (χ1) is 11.9. The van der Waals surface area contributed by atoms with Gasteiger partial charge >= 0.3 is 6.36 Å². The Bertz CT molecular complexity index is 780. The van der Waals surface area contributed by atoms with Crippen LogP contribution in [0, 0.1) is 17.7 Å². The zero-order chi connectivity index (χ0) is 18.3. The largest absolute Gasteiger partial charge is 0.573 e. The molecule has 2 aromatic carbocycles. The smallest absolute Gasteiger partial charge is 0.403 e. The SMILES string of the molecule is C=CCCCc1ccc(C#Cc2ccc(OC(F)(F)F)c(F)c2)cc1. The van der Waals surface area contributed by atoms with Gasteiger partial charge in [0.1, 0.15) is 0 Å². The lowest BCUT2D eigenvalue weighted by Crippen LogP contribution is -2.17. The van der Waals surface area contributed by atoms with Crippen molar-refractivity contribution in [1.82, 2.24) is 0 Å². The van der Waals surface area contributed by atoms with E-state index in [0.29, 0.717) is 0 Å². The molecule has 0 spiro atoms. The molecule has 0 heterocycles. The van der Waals surface area contributed by atoms with E-state index in [0.717, 1.165) is 37.0 Å². The fourth-order valence-corrected chi connectivity index (χ4v) is 2.14. The van der Waals surface area contributed by atoms with Crippen molar-refractivity contribution >= 4 is 0 Å². The number of allylic oxidation sites excluding steroid dienone is 1. The summed E-state index contributed by atoms with van der Waals surface area (Å²) in [7, 11) is 0. The summed E-state index contributed by atoms with van der Waals surface area (Å²) < 4.78 is 53.5. The molecule has 0 radical (unpaired) electrons. The zero-order valence-electron chi connectivity index (χ0n) is 13.4. The lowest BCUT2D eigenvalue weighted by atomic mass is 10.1. The van der Waals surface area contributed by atoms with Gasteiger partial charge in [0.05, 0.1) is 0 Å². The van der Waals surface area contributed by atoms with Crippen molar-refractivity contribution in [2.45, 2.75) is 25.6 Å². The molecule has 0 saturated carbocycles. The molecule has 0 fully saturated rings. The summed E-state index contributed by atoms with van der Waals surface area (Å²) in [6.07, 6.45) is -0.113. The van der Waals surface area contributed by atoms with E-state index in [2.05, 4.69) is 23.2 Å². The highest BCUT2D eigenvalue weighted by Crippen LogP contribution is 2.25. The molecule has 0 N–H and O–H groups in total. The van der Waals surface area contributed by atoms with Crippen LogP contribution in [-0.2, 0) is 6.42 Å². The lowest BCUT2D eigenvalue weighted by molar-refractivity contribution is -0.275. The molecule has 0 aromatic heterocycles. The van der Waals surface area contributed by atoms with Gasteiger partial charge in [0.25, 0.3) is 0 Å². The number of hydrogen-bond acceptors (Lipinski definition) is 1. The monoisotopic (exact) mass is 348 g/mol. The third-order valence-corrected chi connectivity index (χ3v) is 3.34. The standard InChI is InChI=1S/C20H16F4O/c1-2-3-4-5-15-6-8-16(9-7-15)10-11-17-12-13-19(18(21)14-17)25-20(22,23)24/h2,6-9,12-14H,1,3-5H2. The highest BCUT2D eigenvalue weighted by molar-refractivity contribution is 5.45. The lowest BCUT2D eigenvalue weighted by Gasteiger charge is -2.09. The molecule has 0 amide bonds. The van der Waals surface area contributed by atoms with Gasteiger partial charge in [-0.3, -0.25) is 0 Å². The summed E-state index contributed by atoms with van der Waals surface area (Å²) >= 11 is 0. The molecule has 25 heavy (non-hydrogen) atoms. The molecular weight excluding hydrogens is 332 g/mol. The number of ether oxygens (including phenoxy) is 1. The Morgan fingerprint density at radius 1 is 1.00 bits per heavy atom. The second-order valence-electron chi connectivity index (χ2n) is 5.32. The van der Waals surface area contributed by atoms with E-state index in [1.54, 1.807) is 0 Å². The van der Waals surface area contributed by atoms with Gasteiger partial charge in [-0.05, 0) is 55.2 Å². The summed E-state index contributed by atoms with van der Waals surface area (Å²) in [6, 6.07) is 10.7. The maximum Gasteiger partial charge on any atom is 0.573 e. The van der Waals surface area contributed by atoms with Crippen LogP contribution >= 0.6 is 0 Å². The normalized spacial score (nSPS) is 10.7. The average molecular weight is 348 g/mol. The number of aryl methyl sites for hydroxylation is 1. The van der Waals surface area contributed by atoms with Crippen molar-refractivity contribution < 1.29 is 22.3 Å². The van der Waals surface area contributed by atoms with E-state index < -0.39 is 17.9 Å². The first-order valence-electron chi connectivity index (χ1n) is 7.64. The van der Waals surface area contributed by atoms with Gasteiger partial charge in [-0.2, -0.15) is 0 Å². The van der Waals surface area contributed by atoms with Crippen molar-refractivity contribution in [2.24, 2.45) is 0 Å². The van der Waals surface area contributed by atoms with Crippen molar-refractivity contribution in [3.8, 4) is 17.6 Å². The van der Waals surface area contributed by atoms with Gasteiger partial charge in [0.2, 0.25) is 0 Å². The fourth-order valence-electron chi connectivity index (χ4n) is 2.14. The molecule has 0 unspecified atom stereocenters. The maximum atomic E-state index is 13.6. The summed E-state index contributed by atoms with van der Waals surface area (Å²) in [5.74, 6) is 3.60. The molecule has 0 atom stereocenters. The Morgan fingerprint density at radius 2 is 1.64 bits per heavy atom. The molecule has 0 aliphatic rings. The molecule has 0 bridgehead atoms. The molecule has 2 rings (SSSR count). The van der Waals surface area contributed by atoms with Crippen LogP contribution in [0.25, 0.3) is 0 Å². The summed E-state index contributed by atoms with van der Waals surface area (Å²) in [5.41, 5.74) is 2.19. The van der Waals surface area contributed by atoms with Crippen LogP contribution in [0.1, 0.15) is 29.5 Å². The van der Waals surface area contributed by atoms with E-state index in [-0.39, 0.29) is 5.56 Å². The summed E-state index contributed by atoms with van der Waals surface area (Å²) in [6.45, 7) is 3.68. The summed E-state index contributed by atoms with van der Waals surface area (Å²) in [5, 5.41) is 0. The van der Waals surface area contributed by atoms with Crippen LogP contribution in [0.4, 0.5) is 17.6 Å². The first-order valence-corrected chi connectivity index (χ1v) is 7.64. The minimum atomic E-state index is -4.93. The van der Waals surface area contributed by atoms with E-state index in [1.807, 2.05) is 30.3 Å². The van der Waals surface area contributed by atoms with Crippen LogP contribution in [0.2, 0.25) is 0 Å². The molecule has 1 nitrogen and oxygen atoms in total. The summed E-state index contributed by atoms with van der Waals surface area (Å²) in [4.78, 5) is 0. The van der Waals surface area contributed by atoms with Crippen LogP contribution < -0.4 is 4.74 Å². The fraction of sp³-hybridized carbons (Fsp3) is 0.200. The quantitative estimate of drug-likeness (QED) is 0.294. The van der Waals surface area contributed by atoms with E-state index in [9.17, 15) is 17.6 Å². The number of benzene rings is 2. The second-order valence-corrected chi connectivity index (χ2v) is 5.32. The van der Waals surface area contributed by atoms with Crippen LogP contribution in [0.5, 0.6) is 5.75 Å². The minimum absolute atomic E-state index is 0.266. The van der Waals surface area contributed by atoms with Gasteiger partial charge in [0, 0.05) is 11.1 Å². The molecule has 0 saturated heterocycles. The van der Waals surface area contributed by atoms with E-state index in [4.69, 9.17) is 0 Å². The van der Waals surface area contributed by atoms with Crippen molar-refractivity contribution in [3.63, 3.8) is 0 Å². The molecular formula is C20H16F4O. The Balaban J connectivity index is 2.05. The predicted octanol–water partition coefficient (Wildman–Crippen LogP) is 5.63. The number of unbranched alkanes of at least 4 members (excludes halogenated alkanes) is 1. The van der Waals surface area contributed by atoms with Gasteiger partial charge in [0.15, 0.2) is 11.6 Å². The Kier molecular flexibility index (Phi) is 6.24. The predicted molar refractivity (Wildman–Crippen MR) is 88.6 cm³/mol. The van der Waals surface area contributed by atoms with Crippen LogP contribution in [0.3, 0.4) is 0 Å². The Hall–Kier alpha value is -2.74. The number of alkyl halides is 3. The molecule has 130 valence electrons. The zero-order valence-corrected chi connectivity index (χ0v) is 13.4. The van der Waals surface area contributed by atoms with Gasteiger partial charge in [-0.1, -0.05) is 30.0 Å². The number of rotatable bonds is 5. The van der Waals surface area contributed by atoms with Crippen LogP contribution in [0.15, 0.2) is 55.1 Å². The van der Waals surface area contributed by atoms with Gasteiger partial charge < -0.3 is 4.74 Å². The average Bonchev–Trinajstić information content (AvgIpc) is 2.55. The first kappa shape index (κ1) is 18.6. The molecule has 0 aliphatic carbocycles. The Morgan fingerprint density at radius 3 is 2.24 bits per heavy atom. The molecule has 5 heteroatoms. The number of hydrogen-bond donors (Lipinski definition) is 0. The topological polar surface area (TPSA) is 9.23 Å². The molecule has 0 aliphatic heterocycles. The maximum absolute atomic E-state index is 13.6. The molecule has 2 aromatic rings. The second kappa shape index (κ2) is 8.39.